The minimum absolute atomic E-state index is 0.168. The Kier molecular flexibility index (Phi) is 5.52. The monoisotopic (exact) mass is 413 g/mol. The molecule has 5 rings (SSSR count). The molecule has 3 aromatic rings. The number of nitrogens with zero attached hydrogens (tertiary/aromatic N) is 2. The van der Waals surface area contributed by atoms with Crippen LogP contribution >= 0.6 is 12.2 Å². The Labute approximate surface area is 184 Å². The van der Waals surface area contributed by atoms with E-state index in [0.717, 1.165) is 43.3 Å². The van der Waals surface area contributed by atoms with Gasteiger partial charge in [-0.25, -0.2) is 0 Å². The Balaban J connectivity index is 1.38. The molecule has 1 saturated heterocycles. The van der Waals surface area contributed by atoms with Gasteiger partial charge in [0, 0.05) is 36.9 Å². The van der Waals surface area contributed by atoms with Crippen LogP contribution in [-0.4, -0.2) is 34.0 Å². The van der Waals surface area contributed by atoms with E-state index in [1.54, 1.807) is 0 Å². The van der Waals surface area contributed by atoms with Crippen LogP contribution < -0.4 is 5.32 Å². The Bertz CT molecular complexity index is 997. The lowest BCUT2D eigenvalue weighted by Crippen LogP contribution is -2.52. The van der Waals surface area contributed by atoms with Crippen LogP contribution in [0.5, 0.6) is 0 Å². The molecule has 2 heterocycles. The molecule has 0 amide bonds. The lowest BCUT2D eigenvalue weighted by atomic mass is 9.90. The highest BCUT2D eigenvalue weighted by Crippen LogP contribution is 2.40. The highest BCUT2D eigenvalue weighted by atomic mass is 32.1. The summed E-state index contributed by atoms with van der Waals surface area (Å²) in [7, 11) is 0. The maximum atomic E-state index is 5.90. The summed E-state index contributed by atoms with van der Waals surface area (Å²) >= 11 is 5.90. The minimum Gasteiger partial charge on any atom is -0.335 e. The zero-order valence-corrected chi connectivity index (χ0v) is 17.9. The predicted molar refractivity (Wildman–Crippen MR) is 128 cm³/mol. The van der Waals surface area contributed by atoms with Crippen molar-refractivity contribution < 1.29 is 0 Å². The molecule has 1 fully saturated rings. The fourth-order valence-corrected chi connectivity index (χ4v) is 5.21. The molecule has 0 aliphatic carbocycles. The molecule has 3 aromatic carbocycles. The number of thiocarbonyl (C=S) groups is 1. The van der Waals surface area contributed by atoms with E-state index in [9.17, 15) is 0 Å². The van der Waals surface area contributed by atoms with Crippen LogP contribution in [0, 0.1) is 0 Å². The van der Waals surface area contributed by atoms with Crippen LogP contribution in [0.2, 0.25) is 0 Å². The number of hydrogen-bond acceptors (Lipinski definition) is 2. The first-order valence-electron chi connectivity index (χ1n) is 10.8. The lowest BCUT2D eigenvalue weighted by Gasteiger charge is -2.47. The van der Waals surface area contributed by atoms with Crippen molar-refractivity contribution in [3.05, 3.63) is 102 Å². The van der Waals surface area contributed by atoms with Crippen LogP contribution in [0.3, 0.4) is 0 Å². The van der Waals surface area contributed by atoms with Crippen molar-refractivity contribution in [1.82, 2.24) is 9.80 Å². The van der Waals surface area contributed by atoms with E-state index >= 15 is 0 Å². The molecule has 0 bridgehead atoms. The van der Waals surface area contributed by atoms with E-state index in [0.29, 0.717) is 6.04 Å². The van der Waals surface area contributed by atoms with Crippen molar-refractivity contribution in [1.29, 1.82) is 0 Å². The Hall–Kier alpha value is -2.69. The number of piperidine rings is 1. The van der Waals surface area contributed by atoms with Crippen LogP contribution in [0.25, 0.3) is 0 Å². The summed E-state index contributed by atoms with van der Waals surface area (Å²) in [6.07, 6.45) is 2.25. The van der Waals surface area contributed by atoms with E-state index in [4.69, 9.17) is 12.2 Å². The van der Waals surface area contributed by atoms with Gasteiger partial charge in [0.15, 0.2) is 5.11 Å². The predicted octanol–water partition coefficient (Wildman–Crippen LogP) is 5.45. The molecule has 1 atom stereocenters. The fourth-order valence-electron chi connectivity index (χ4n) is 4.85. The molecule has 2 aliphatic rings. The smallest absolute Gasteiger partial charge is 0.174 e. The molecular weight excluding hydrogens is 386 g/mol. The Morgan fingerprint density at radius 3 is 2.17 bits per heavy atom. The average molecular weight is 414 g/mol. The van der Waals surface area contributed by atoms with Gasteiger partial charge in [-0.15, -0.1) is 0 Å². The number of nitrogens with one attached hydrogen (secondary N) is 1. The van der Waals surface area contributed by atoms with Crippen molar-refractivity contribution in [2.75, 3.05) is 18.4 Å². The van der Waals surface area contributed by atoms with Crippen LogP contribution in [-0.2, 0) is 6.54 Å². The number of likely N-dealkylation sites (tertiary alicyclic amines) is 1. The number of hydrogen-bond donors (Lipinski definition) is 1. The first-order valence-corrected chi connectivity index (χ1v) is 11.2. The van der Waals surface area contributed by atoms with Gasteiger partial charge in [0.1, 0.15) is 0 Å². The minimum atomic E-state index is 0.168. The topological polar surface area (TPSA) is 18.5 Å². The first-order chi connectivity index (χ1) is 14.8. The van der Waals surface area contributed by atoms with E-state index in [2.05, 4.69) is 100 Å². The molecule has 152 valence electrons. The third kappa shape index (κ3) is 3.85. The molecule has 1 N–H and O–H groups in total. The number of benzene rings is 3. The fraction of sp³-hybridized carbons (Fsp3) is 0.269. The number of fused-ring (bicyclic) bond motifs is 1. The Morgan fingerprint density at radius 1 is 0.800 bits per heavy atom. The van der Waals surface area contributed by atoms with Gasteiger partial charge < -0.3 is 10.2 Å². The third-order valence-corrected chi connectivity index (χ3v) is 6.64. The van der Waals surface area contributed by atoms with Crippen molar-refractivity contribution in [2.24, 2.45) is 0 Å². The summed E-state index contributed by atoms with van der Waals surface area (Å²) in [5.74, 6) is 0. The molecule has 0 spiro atoms. The zero-order chi connectivity index (χ0) is 20.3. The Morgan fingerprint density at radius 2 is 1.43 bits per heavy atom. The second kappa shape index (κ2) is 8.58. The third-order valence-electron chi connectivity index (χ3n) is 6.32. The van der Waals surface area contributed by atoms with Gasteiger partial charge >= 0.3 is 0 Å². The van der Waals surface area contributed by atoms with Crippen molar-refractivity contribution in [3.63, 3.8) is 0 Å². The second-order valence-corrected chi connectivity index (χ2v) is 8.62. The average Bonchev–Trinajstić information content (AvgIpc) is 2.80. The maximum Gasteiger partial charge on any atom is 0.174 e. The largest absolute Gasteiger partial charge is 0.335 e. The van der Waals surface area contributed by atoms with Crippen molar-refractivity contribution >= 4 is 23.0 Å². The van der Waals surface area contributed by atoms with Gasteiger partial charge in [0.2, 0.25) is 0 Å². The van der Waals surface area contributed by atoms with Crippen molar-refractivity contribution in [3.8, 4) is 0 Å². The molecular formula is C26H27N3S. The highest BCUT2D eigenvalue weighted by molar-refractivity contribution is 7.80. The summed E-state index contributed by atoms with van der Waals surface area (Å²) in [5, 5.41) is 4.35. The standard InChI is InChI=1S/C26H27N3S/c30-26-27-24-14-8-7-13-23(24)25(21-11-5-2-6-12-21)29(26)22-15-17-28(18-16-22)19-20-9-3-1-4-10-20/h1-14,22,25H,15-19H2,(H,27,30). The molecule has 0 aromatic heterocycles. The summed E-state index contributed by atoms with van der Waals surface area (Å²) in [6, 6.07) is 30.8. The van der Waals surface area contributed by atoms with Gasteiger partial charge in [-0.1, -0.05) is 78.9 Å². The first kappa shape index (κ1) is 19.3. The van der Waals surface area contributed by atoms with Gasteiger partial charge in [0.05, 0.1) is 6.04 Å². The van der Waals surface area contributed by atoms with Gasteiger partial charge in [-0.3, -0.25) is 4.90 Å². The van der Waals surface area contributed by atoms with E-state index in [-0.39, 0.29) is 6.04 Å². The van der Waals surface area contributed by atoms with Crippen LogP contribution in [0.15, 0.2) is 84.9 Å². The molecule has 30 heavy (non-hydrogen) atoms. The van der Waals surface area contributed by atoms with E-state index in [1.165, 1.54) is 16.7 Å². The van der Waals surface area contributed by atoms with Crippen LogP contribution in [0.4, 0.5) is 5.69 Å². The highest BCUT2D eigenvalue weighted by Gasteiger charge is 2.37. The molecule has 0 radical (unpaired) electrons. The second-order valence-electron chi connectivity index (χ2n) is 8.23. The quantitative estimate of drug-likeness (QED) is 0.573. The number of rotatable bonds is 4. The number of para-hydroxylation sites is 1. The SMILES string of the molecule is S=C1Nc2ccccc2C(c2ccccc2)N1C1CCN(Cc2ccccc2)CC1. The van der Waals surface area contributed by atoms with E-state index < -0.39 is 0 Å². The van der Waals surface area contributed by atoms with Crippen LogP contribution in [0.1, 0.15) is 35.6 Å². The van der Waals surface area contributed by atoms with Gasteiger partial charge in [0.25, 0.3) is 0 Å². The lowest BCUT2D eigenvalue weighted by molar-refractivity contribution is 0.134. The molecule has 4 heteroatoms. The summed E-state index contributed by atoms with van der Waals surface area (Å²) < 4.78 is 0. The van der Waals surface area contributed by atoms with Crippen molar-refractivity contribution in [2.45, 2.75) is 31.5 Å². The molecule has 1 unspecified atom stereocenters. The van der Waals surface area contributed by atoms with Gasteiger partial charge in [-0.2, -0.15) is 0 Å². The summed E-state index contributed by atoms with van der Waals surface area (Å²) in [4.78, 5) is 5.03. The number of anilines is 1. The zero-order valence-electron chi connectivity index (χ0n) is 17.1. The summed E-state index contributed by atoms with van der Waals surface area (Å²) in [6.45, 7) is 3.23. The summed E-state index contributed by atoms with van der Waals surface area (Å²) in [5.41, 5.74) is 5.14. The molecule has 3 nitrogen and oxygen atoms in total. The van der Waals surface area contributed by atoms with E-state index in [1.807, 2.05) is 0 Å². The van der Waals surface area contributed by atoms with Gasteiger partial charge in [-0.05, 0) is 42.3 Å². The normalized spacial score (nSPS) is 19.9. The molecule has 2 aliphatic heterocycles. The molecule has 0 saturated carbocycles. The maximum absolute atomic E-state index is 5.90.